The first-order valence-electron chi connectivity index (χ1n) is 21.4. The molecular weight excluding hydrogens is 780 g/mol. The number of hydrogen-bond acceptors (Lipinski definition) is 9. The van der Waals surface area contributed by atoms with E-state index in [4.69, 9.17) is 4.98 Å². The van der Waals surface area contributed by atoms with Crippen molar-refractivity contribution in [1.82, 2.24) is 29.7 Å². The van der Waals surface area contributed by atoms with Gasteiger partial charge in [0.1, 0.15) is 16.7 Å². The van der Waals surface area contributed by atoms with Crippen LogP contribution in [0.4, 0.5) is 15.8 Å². The number of nitrogens with one attached hydrogen (secondary N) is 3. The number of piperazine rings is 1. The minimum atomic E-state index is -0.673. The number of pyridine rings is 1. The SMILES string of the molecule is C[C@@H]1CNc2c(sc3ccc4nc(-c5cc(N6CCN(CCCCCCCCc7cccc8c7n(C)c(=O)n8C7CCC(=O)NC7=O)CC6)ccc5F)ccc4c23)C(=O)N1. The highest BCUT2D eigenvalue weighted by molar-refractivity contribution is 7.21. The van der Waals surface area contributed by atoms with Gasteiger partial charge in [-0.05, 0) is 93.2 Å². The van der Waals surface area contributed by atoms with E-state index in [1.165, 1.54) is 24.2 Å². The summed E-state index contributed by atoms with van der Waals surface area (Å²) in [4.78, 5) is 60.9. The molecule has 3 aromatic heterocycles. The third-order valence-electron chi connectivity index (χ3n) is 12.5. The normalized spacial score (nSPS) is 18.8. The summed E-state index contributed by atoms with van der Waals surface area (Å²) in [5, 5.41) is 10.8. The largest absolute Gasteiger partial charge is 0.381 e. The van der Waals surface area contributed by atoms with Crippen molar-refractivity contribution in [3.63, 3.8) is 0 Å². The molecule has 6 heterocycles. The lowest BCUT2D eigenvalue weighted by Crippen LogP contribution is -2.46. The number of aromatic nitrogens is 3. The molecule has 3 aliphatic rings. The number of anilines is 2. The molecule has 3 aliphatic heterocycles. The van der Waals surface area contributed by atoms with E-state index in [0.29, 0.717) is 29.1 Å². The molecule has 3 N–H and O–H groups in total. The van der Waals surface area contributed by atoms with Gasteiger partial charge in [0.15, 0.2) is 0 Å². The number of para-hydroxylation sites is 1. The molecule has 9 rings (SSSR count). The van der Waals surface area contributed by atoms with Gasteiger partial charge >= 0.3 is 5.69 Å². The predicted molar refractivity (Wildman–Crippen MR) is 237 cm³/mol. The second kappa shape index (κ2) is 16.8. The fraction of sp³-hybridized carbons (Fsp3) is 0.413. The van der Waals surface area contributed by atoms with Crippen LogP contribution in [-0.2, 0) is 23.1 Å². The number of halogens is 1. The Kier molecular flexibility index (Phi) is 11.2. The number of carbonyl (C=O) groups is 3. The zero-order chi connectivity index (χ0) is 41.5. The molecule has 12 nitrogen and oxygen atoms in total. The lowest BCUT2D eigenvalue weighted by Gasteiger charge is -2.36. The molecule has 0 spiro atoms. The summed E-state index contributed by atoms with van der Waals surface area (Å²) >= 11 is 1.48. The number of benzene rings is 3. The van der Waals surface area contributed by atoms with E-state index in [1.54, 1.807) is 22.2 Å². The van der Waals surface area contributed by atoms with Crippen LogP contribution in [0.25, 0.3) is 43.3 Å². The number of piperidine rings is 1. The first-order chi connectivity index (χ1) is 29.1. The summed E-state index contributed by atoms with van der Waals surface area (Å²) in [5.74, 6) is -1.06. The zero-order valence-electron chi connectivity index (χ0n) is 34.2. The lowest BCUT2D eigenvalue weighted by atomic mass is 10.0. The molecule has 0 radical (unpaired) electrons. The van der Waals surface area contributed by atoms with Gasteiger partial charge in [-0.1, -0.05) is 37.8 Å². The molecule has 14 heteroatoms. The molecule has 60 heavy (non-hydrogen) atoms. The van der Waals surface area contributed by atoms with Gasteiger partial charge in [-0.15, -0.1) is 11.3 Å². The highest BCUT2D eigenvalue weighted by Crippen LogP contribution is 2.41. The van der Waals surface area contributed by atoms with Crippen molar-refractivity contribution >= 4 is 72.5 Å². The molecule has 0 saturated carbocycles. The first-order valence-corrected chi connectivity index (χ1v) is 22.2. The maximum Gasteiger partial charge on any atom is 0.329 e. The van der Waals surface area contributed by atoms with Crippen molar-refractivity contribution < 1.29 is 18.8 Å². The summed E-state index contributed by atoms with van der Waals surface area (Å²) in [5.41, 5.74) is 6.19. The van der Waals surface area contributed by atoms with Crippen molar-refractivity contribution in [3.05, 3.63) is 87.4 Å². The summed E-state index contributed by atoms with van der Waals surface area (Å²) in [6, 6.07) is 18.5. The number of carbonyl (C=O) groups excluding carboxylic acids is 3. The van der Waals surface area contributed by atoms with Gasteiger partial charge in [0.05, 0.1) is 27.9 Å². The Hall–Kier alpha value is -5.60. The average molecular weight is 831 g/mol. The van der Waals surface area contributed by atoms with Gasteiger partial charge in [0.25, 0.3) is 5.91 Å². The first kappa shape index (κ1) is 39.8. The number of nitrogens with zero attached hydrogens (tertiary/aromatic N) is 5. The summed E-state index contributed by atoms with van der Waals surface area (Å²) in [6.45, 7) is 7.39. The third-order valence-corrected chi connectivity index (χ3v) is 13.7. The maximum atomic E-state index is 15.4. The fourth-order valence-electron chi connectivity index (χ4n) is 9.32. The highest BCUT2D eigenvalue weighted by atomic mass is 32.1. The van der Waals surface area contributed by atoms with Crippen molar-refractivity contribution in [1.29, 1.82) is 0 Å². The topological polar surface area (TPSA) is 134 Å². The zero-order valence-corrected chi connectivity index (χ0v) is 35.0. The quantitative estimate of drug-likeness (QED) is 0.0877. The number of aryl methyl sites for hydroxylation is 2. The molecule has 3 aromatic carbocycles. The molecule has 3 amide bonds. The fourth-order valence-corrected chi connectivity index (χ4v) is 10.4. The van der Waals surface area contributed by atoms with Crippen LogP contribution < -0.4 is 26.5 Å². The highest BCUT2D eigenvalue weighted by Gasteiger charge is 2.32. The molecule has 2 atom stereocenters. The van der Waals surface area contributed by atoms with Gasteiger partial charge in [-0.3, -0.25) is 33.7 Å². The van der Waals surface area contributed by atoms with Gasteiger partial charge in [-0.2, -0.15) is 0 Å². The molecule has 0 bridgehead atoms. The van der Waals surface area contributed by atoms with Crippen LogP contribution in [0.2, 0.25) is 0 Å². The van der Waals surface area contributed by atoms with E-state index >= 15 is 4.39 Å². The Morgan fingerprint density at radius 1 is 0.900 bits per heavy atom. The Morgan fingerprint density at radius 2 is 1.70 bits per heavy atom. The van der Waals surface area contributed by atoms with Crippen LogP contribution in [-0.4, -0.2) is 82.1 Å². The van der Waals surface area contributed by atoms with E-state index < -0.39 is 11.9 Å². The molecule has 0 aliphatic carbocycles. The predicted octanol–water partition coefficient (Wildman–Crippen LogP) is 7.14. The second-order valence-corrected chi connectivity index (χ2v) is 17.6. The van der Waals surface area contributed by atoms with Crippen molar-refractivity contribution in [2.24, 2.45) is 7.05 Å². The van der Waals surface area contributed by atoms with Crippen molar-refractivity contribution in [2.75, 3.05) is 49.5 Å². The Labute approximate surface area is 351 Å². The number of fused-ring (bicyclic) bond motifs is 6. The molecule has 1 unspecified atom stereocenters. The molecule has 312 valence electrons. The van der Waals surface area contributed by atoms with Crippen molar-refractivity contribution in [2.45, 2.75) is 76.8 Å². The summed E-state index contributed by atoms with van der Waals surface area (Å²) in [7, 11) is 1.76. The minimum absolute atomic E-state index is 0.0248. The van der Waals surface area contributed by atoms with Gasteiger partial charge in [-0.25, -0.2) is 14.2 Å². The molecule has 2 saturated heterocycles. The van der Waals surface area contributed by atoms with Crippen molar-refractivity contribution in [3.8, 4) is 11.3 Å². The van der Waals surface area contributed by atoms with Gasteiger partial charge < -0.3 is 15.5 Å². The van der Waals surface area contributed by atoms with E-state index in [9.17, 15) is 19.2 Å². The van der Waals surface area contributed by atoms with Crippen LogP contribution >= 0.6 is 11.3 Å². The van der Waals surface area contributed by atoms with E-state index in [-0.39, 0.29) is 35.8 Å². The van der Waals surface area contributed by atoms with E-state index in [2.05, 4.69) is 31.8 Å². The maximum absolute atomic E-state index is 15.4. The van der Waals surface area contributed by atoms with Crippen LogP contribution in [0.3, 0.4) is 0 Å². The number of thiophene rings is 1. The number of imide groups is 1. The monoisotopic (exact) mass is 830 g/mol. The van der Waals surface area contributed by atoms with E-state index in [1.807, 2.05) is 55.5 Å². The molecule has 6 aromatic rings. The number of imidazole rings is 1. The Bertz CT molecular complexity index is 2700. The Morgan fingerprint density at radius 3 is 2.52 bits per heavy atom. The van der Waals surface area contributed by atoms with Crippen LogP contribution in [0.5, 0.6) is 0 Å². The summed E-state index contributed by atoms with van der Waals surface area (Å²) in [6.07, 6.45) is 8.25. The summed E-state index contributed by atoms with van der Waals surface area (Å²) < 4.78 is 19.6. The van der Waals surface area contributed by atoms with Gasteiger partial charge in [0.2, 0.25) is 11.8 Å². The molecular formula is C46H51FN8O4S. The number of rotatable bonds is 12. The number of unbranched alkanes of at least 4 members (excludes halogenated alkanes) is 5. The standard InChI is InChI=1S/C46H51FN8O4S/c1-28-27-48-41-40-31-14-16-35(50-34(31)17-19-38(40)60-43(41)45(58)49-28)32-26-30(13-15-33(32)47)54-24-22-53(23-25-54)21-8-6-4-3-5-7-10-29-11-9-12-36-42(29)52(2)46(59)55(36)37-18-20-39(56)51-44(37)57/h9,11-17,19,26,28,37,48H,3-8,10,18,20-25,27H2,1-2H3,(H,49,58)(H,51,56,57)/t28-,37?/m1/s1. The minimum Gasteiger partial charge on any atom is -0.381 e. The average Bonchev–Trinajstić information content (AvgIpc) is 3.70. The van der Waals surface area contributed by atoms with Crippen LogP contribution in [0.1, 0.15) is 79.6 Å². The third kappa shape index (κ3) is 7.66. The van der Waals surface area contributed by atoms with Crippen LogP contribution in [0.15, 0.2) is 65.5 Å². The second-order valence-electron chi connectivity index (χ2n) is 16.6. The van der Waals surface area contributed by atoms with Gasteiger partial charge in [0, 0.05) is 79.0 Å². The van der Waals surface area contributed by atoms with E-state index in [0.717, 1.165) is 114 Å². The molecule has 2 fully saturated rings. The Balaban J connectivity index is 0.744. The smallest absolute Gasteiger partial charge is 0.329 e. The lowest BCUT2D eigenvalue weighted by molar-refractivity contribution is -0.135. The number of amides is 3. The number of hydrogen-bond donors (Lipinski definition) is 3. The van der Waals surface area contributed by atoms with Crippen LogP contribution in [0, 0.1) is 5.82 Å².